The summed E-state index contributed by atoms with van der Waals surface area (Å²) in [5.41, 5.74) is 1.12. The van der Waals surface area contributed by atoms with Crippen molar-refractivity contribution in [2.45, 2.75) is 18.9 Å². The molecule has 0 heterocycles. The number of alkyl halides is 3. The van der Waals surface area contributed by atoms with Gasteiger partial charge in [-0.15, -0.1) is 0 Å². The van der Waals surface area contributed by atoms with Crippen LogP contribution in [0, 0.1) is 6.92 Å². The molecule has 0 radical (unpaired) electrons. The van der Waals surface area contributed by atoms with Crippen LogP contribution in [-0.2, 0) is 27.5 Å². The second-order valence-electron chi connectivity index (χ2n) is 5.34. The van der Waals surface area contributed by atoms with Crippen molar-refractivity contribution >= 4 is 22.4 Å². The monoisotopic (exact) mass is 355 g/mol. The summed E-state index contributed by atoms with van der Waals surface area (Å²) in [5.74, 6) is -0.820. The smallest absolute Gasteiger partial charge is 0.325 e. The molecule has 24 heavy (non-hydrogen) atoms. The fourth-order valence-electron chi connectivity index (χ4n) is 2.05. The van der Waals surface area contributed by atoms with Crippen LogP contribution < -0.4 is 5.32 Å². The molecule has 2 rings (SSSR count). The van der Waals surface area contributed by atoms with Gasteiger partial charge in [-0.3, -0.25) is 9.00 Å². The van der Waals surface area contributed by atoms with E-state index < -0.39 is 28.4 Å². The highest BCUT2D eigenvalue weighted by atomic mass is 32.2. The first-order valence-corrected chi connectivity index (χ1v) is 8.60. The third-order valence-electron chi connectivity index (χ3n) is 3.21. The first-order valence-electron chi connectivity index (χ1n) is 7.11. The highest BCUT2D eigenvalue weighted by molar-refractivity contribution is 7.84. The zero-order chi connectivity index (χ0) is 17.7. The summed E-state index contributed by atoms with van der Waals surface area (Å²) < 4.78 is 49.9. The minimum atomic E-state index is -4.44. The number of rotatable bonds is 5. The Kier molecular flexibility index (Phi) is 5.77. The van der Waals surface area contributed by atoms with Gasteiger partial charge in [-0.1, -0.05) is 35.9 Å². The molecular weight excluding hydrogens is 339 g/mol. The van der Waals surface area contributed by atoms with Crippen molar-refractivity contribution < 1.29 is 22.2 Å². The average Bonchev–Trinajstić information content (AvgIpc) is 2.49. The molecule has 2 aromatic carbocycles. The number of carbonyl (C=O) groups excluding carboxylic acids is 1. The molecular formula is C17H16F3NO2S. The number of hydrogen-bond donors (Lipinski definition) is 1. The number of anilines is 1. The fourth-order valence-corrected chi connectivity index (χ4v) is 3.07. The Morgan fingerprint density at radius 1 is 1.12 bits per heavy atom. The molecule has 0 bridgehead atoms. The van der Waals surface area contributed by atoms with Gasteiger partial charge in [0.05, 0.1) is 5.56 Å². The standard InChI is InChI=1S/C17H16F3NO2S/c1-12-5-7-15(8-6-12)21-16(22)11-24(23)10-13-3-2-4-14(9-13)17(18,19)20/h2-9H,10-11H2,1H3,(H,21,22). The predicted molar refractivity (Wildman–Crippen MR) is 88.0 cm³/mol. The summed E-state index contributed by atoms with van der Waals surface area (Å²) in [5, 5.41) is 2.61. The van der Waals surface area contributed by atoms with E-state index in [-0.39, 0.29) is 17.1 Å². The van der Waals surface area contributed by atoms with Crippen molar-refractivity contribution in [2.75, 3.05) is 11.1 Å². The summed E-state index contributed by atoms with van der Waals surface area (Å²) in [6.07, 6.45) is -4.44. The Morgan fingerprint density at radius 3 is 2.42 bits per heavy atom. The number of amides is 1. The van der Waals surface area contributed by atoms with Crippen LogP contribution in [0.25, 0.3) is 0 Å². The van der Waals surface area contributed by atoms with Gasteiger partial charge in [0.1, 0.15) is 5.75 Å². The maximum absolute atomic E-state index is 12.6. The van der Waals surface area contributed by atoms with E-state index in [0.717, 1.165) is 17.7 Å². The zero-order valence-corrected chi connectivity index (χ0v) is 13.7. The molecule has 128 valence electrons. The minimum Gasteiger partial charge on any atom is -0.325 e. The summed E-state index contributed by atoms with van der Waals surface area (Å²) >= 11 is 0. The van der Waals surface area contributed by atoms with Crippen molar-refractivity contribution in [2.24, 2.45) is 0 Å². The quantitative estimate of drug-likeness (QED) is 0.884. The Balaban J connectivity index is 1.93. The predicted octanol–water partition coefficient (Wildman–Crippen LogP) is 3.90. The van der Waals surface area contributed by atoms with E-state index in [1.165, 1.54) is 12.1 Å². The van der Waals surface area contributed by atoms with E-state index in [0.29, 0.717) is 5.69 Å². The van der Waals surface area contributed by atoms with E-state index in [9.17, 15) is 22.2 Å². The van der Waals surface area contributed by atoms with E-state index in [1.807, 2.05) is 19.1 Å². The second-order valence-corrected chi connectivity index (χ2v) is 6.80. The van der Waals surface area contributed by atoms with E-state index in [4.69, 9.17) is 0 Å². The molecule has 0 aliphatic rings. The number of halogens is 3. The number of aryl methyl sites for hydroxylation is 1. The SMILES string of the molecule is Cc1ccc(NC(=O)CS(=O)Cc2cccc(C(F)(F)F)c2)cc1. The normalized spacial score (nSPS) is 12.7. The fraction of sp³-hybridized carbons (Fsp3) is 0.235. The molecule has 1 N–H and O–H groups in total. The Morgan fingerprint density at radius 2 is 1.79 bits per heavy atom. The van der Waals surface area contributed by atoms with Crippen LogP contribution in [0.1, 0.15) is 16.7 Å². The maximum atomic E-state index is 12.6. The zero-order valence-electron chi connectivity index (χ0n) is 12.9. The summed E-state index contributed by atoms with van der Waals surface area (Å²) in [7, 11) is -1.59. The van der Waals surface area contributed by atoms with Gasteiger partial charge in [0, 0.05) is 22.2 Å². The van der Waals surface area contributed by atoms with Crippen LogP contribution in [0.2, 0.25) is 0 Å². The van der Waals surface area contributed by atoms with Gasteiger partial charge >= 0.3 is 6.18 Å². The van der Waals surface area contributed by atoms with E-state index >= 15 is 0 Å². The molecule has 1 unspecified atom stereocenters. The van der Waals surface area contributed by atoms with E-state index in [2.05, 4.69) is 5.32 Å². The molecule has 0 fully saturated rings. The number of nitrogens with one attached hydrogen (secondary N) is 1. The van der Waals surface area contributed by atoms with Crippen LogP contribution in [0.15, 0.2) is 48.5 Å². The number of benzene rings is 2. The molecule has 2 aromatic rings. The Hall–Kier alpha value is -2.15. The third kappa shape index (κ3) is 5.49. The Labute approximate surface area is 140 Å². The lowest BCUT2D eigenvalue weighted by Crippen LogP contribution is -2.20. The molecule has 3 nitrogen and oxygen atoms in total. The third-order valence-corrected chi connectivity index (χ3v) is 4.45. The van der Waals surface area contributed by atoms with Crippen molar-refractivity contribution in [3.63, 3.8) is 0 Å². The molecule has 0 aliphatic carbocycles. The molecule has 1 atom stereocenters. The van der Waals surface area contributed by atoms with Gasteiger partial charge in [0.15, 0.2) is 0 Å². The number of hydrogen-bond acceptors (Lipinski definition) is 2. The average molecular weight is 355 g/mol. The molecule has 7 heteroatoms. The lowest BCUT2D eigenvalue weighted by atomic mass is 10.1. The van der Waals surface area contributed by atoms with Crippen LogP contribution in [-0.4, -0.2) is 15.9 Å². The largest absolute Gasteiger partial charge is 0.416 e. The van der Waals surface area contributed by atoms with Gasteiger partial charge in [-0.2, -0.15) is 13.2 Å². The highest BCUT2D eigenvalue weighted by Gasteiger charge is 2.30. The summed E-state index contributed by atoms with van der Waals surface area (Å²) in [6.45, 7) is 1.91. The first kappa shape index (κ1) is 18.2. The first-order chi connectivity index (χ1) is 11.2. The molecule has 1 amide bonds. The van der Waals surface area contributed by atoms with E-state index in [1.54, 1.807) is 12.1 Å². The van der Waals surface area contributed by atoms with Crippen molar-refractivity contribution in [1.82, 2.24) is 0 Å². The summed E-state index contributed by atoms with van der Waals surface area (Å²) in [6, 6.07) is 11.7. The molecule has 0 saturated heterocycles. The maximum Gasteiger partial charge on any atom is 0.416 e. The summed E-state index contributed by atoms with van der Waals surface area (Å²) in [4.78, 5) is 11.8. The Bertz CT molecular complexity index is 742. The van der Waals surface area contributed by atoms with Crippen LogP contribution >= 0.6 is 0 Å². The molecule has 0 saturated carbocycles. The van der Waals surface area contributed by atoms with Crippen molar-refractivity contribution in [3.8, 4) is 0 Å². The van der Waals surface area contributed by atoms with Gasteiger partial charge < -0.3 is 5.32 Å². The van der Waals surface area contributed by atoms with Gasteiger partial charge in [0.25, 0.3) is 0 Å². The van der Waals surface area contributed by atoms with Gasteiger partial charge in [-0.25, -0.2) is 0 Å². The lowest BCUT2D eigenvalue weighted by Gasteiger charge is -2.09. The highest BCUT2D eigenvalue weighted by Crippen LogP contribution is 2.29. The van der Waals surface area contributed by atoms with Crippen LogP contribution in [0.4, 0.5) is 18.9 Å². The topological polar surface area (TPSA) is 46.2 Å². The number of carbonyl (C=O) groups is 1. The molecule has 0 spiro atoms. The second kappa shape index (κ2) is 7.61. The van der Waals surface area contributed by atoms with Gasteiger partial charge in [-0.05, 0) is 30.7 Å². The van der Waals surface area contributed by atoms with Crippen LogP contribution in [0.3, 0.4) is 0 Å². The van der Waals surface area contributed by atoms with Crippen LogP contribution in [0.5, 0.6) is 0 Å². The van der Waals surface area contributed by atoms with Gasteiger partial charge in [0.2, 0.25) is 5.91 Å². The molecule has 0 aliphatic heterocycles. The van der Waals surface area contributed by atoms with Crippen molar-refractivity contribution in [1.29, 1.82) is 0 Å². The lowest BCUT2D eigenvalue weighted by molar-refractivity contribution is -0.137. The van der Waals surface area contributed by atoms with Crippen molar-refractivity contribution in [3.05, 3.63) is 65.2 Å². The minimum absolute atomic E-state index is 0.106. The molecule has 0 aromatic heterocycles.